The van der Waals surface area contributed by atoms with E-state index in [-0.39, 0.29) is 0 Å². The zero-order chi connectivity index (χ0) is 17.2. The monoisotopic (exact) mass is 342 g/mol. The summed E-state index contributed by atoms with van der Waals surface area (Å²) < 4.78 is 33.9. The molecule has 5 nitrogen and oxygen atoms in total. The molecule has 0 saturated carbocycles. The molecule has 25 heavy (non-hydrogen) atoms. The molecule has 0 N–H and O–H groups in total. The molecule has 0 aliphatic carbocycles. The predicted octanol–water partition coefficient (Wildman–Crippen LogP) is 3.19. The van der Waals surface area contributed by atoms with E-state index in [1.54, 1.807) is 17.1 Å². The van der Waals surface area contributed by atoms with E-state index in [1.165, 1.54) is 6.07 Å². The van der Waals surface area contributed by atoms with Crippen LogP contribution in [0.4, 0.5) is 8.78 Å². The van der Waals surface area contributed by atoms with Gasteiger partial charge in [0.25, 0.3) is 0 Å². The van der Waals surface area contributed by atoms with Gasteiger partial charge in [0.15, 0.2) is 17.5 Å². The first kappa shape index (κ1) is 15.8. The molecule has 1 aliphatic heterocycles. The number of rotatable bonds is 4. The first-order valence-electron chi connectivity index (χ1n) is 8.10. The molecule has 7 heteroatoms. The fourth-order valence-corrected chi connectivity index (χ4v) is 2.93. The van der Waals surface area contributed by atoms with Gasteiger partial charge in [0.1, 0.15) is 5.82 Å². The molecule has 3 heterocycles. The standard InChI is InChI=1S/C18H16F2N4O/c19-15-2-1-14(10-16(15)20)24-17(9-12-5-8-25-11-12)22-18(23-24)13-3-6-21-7-4-13/h1-4,6-7,10,12H,5,8-9,11H2/t12-/m0/s1. The zero-order valence-corrected chi connectivity index (χ0v) is 13.4. The van der Waals surface area contributed by atoms with Crippen LogP contribution in [0.1, 0.15) is 12.2 Å². The van der Waals surface area contributed by atoms with Gasteiger partial charge in [-0.3, -0.25) is 4.98 Å². The van der Waals surface area contributed by atoms with E-state index in [1.807, 2.05) is 12.1 Å². The van der Waals surface area contributed by atoms with Crippen molar-refractivity contribution in [2.45, 2.75) is 12.8 Å². The Morgan fingerprint density at radius 3 is 2.68 bits per heavy atom. The minimum absolute atomic E-state index is 0.346. The molecule has 0 bridgehead atoms. The van der Waals surface area contributed by atoms with E-state index in [9.17, 15) is 8.78 Å². The van der Waals surface area contributed by atoms with Crippen molar-refractivity contribution >= 4 is 0 Å². The molecular weight excluding hydrogens is 326 g/mol. The lowest BCUT2D eigenvalue weighted by Crippen LogP contribution is -2.10. The molecule has 128 valence electrons. The van der Waals surface area contributed by atoms with Gasteiger partial charge in [0.05, 0.1) is 5.69 Å². The Labute approximate surface area is 143 Å². The quantitative estimate of drug-likeness (QED) is 0.731. The van der Waals surface area contributed by atoms with Gasteiger partial charge in [-0.2, -0.15) is 0 Å². The molecule has 0 spiro atoms. The van der Waals surface area contributed by atoms with Gasteiger partial charge in [0.2, 0.25) is 0 Å². The second-order valence-corrected chi connectivity index (χ2v) is 6.03. The van der Waals surface area contributed by atoms with Gasteiger partial charge in [-0.1, -0.05) is 0 Å². The average molecular weight is 342 g/mol. The summed E-state index contributed by atoms with van der Waals surface area (Å²) >= 11 is 0. The fourth-order valence-electron chi connectivity index (χ4n) is 2.93. The van der Waals surface area contributed by atoms with Crippen LogP contribution < -0.4 is 0 Å². The van der Waals surface area contributed by atoms with E-state index >= 15 is 0 Å². The molecule has 1 atom stereocenters. The molecule has 0 radical (unpaired) electrons. The van der Waals surface area contributed by atoms with Crippen LogP contribution in [0.15, 0.2) is 42.7 Å². The number of aromatic nitrogens is 4. The van der Waals surface area contributed by atoms with Crippen molar-refractivity contribution in [3.63, 3.8) is 0 Å². The summed E-state index contributed by atoms with van der Waals surface area (Å²) in [5.41, 5.74) is 1.26. The van der Waals surface area contributed by atoms with Gasteiger partial charge in [-0.05, 0) is 36.6 Å². The summed E-state index contributed by atoms with van der Waals surface area (Å²) in [6.07, 6.45) is 4.95. The molecule has 1 aliphatic rings. The van der Waals surface area contributed by atoms with Gasteiger partial charge in [-0.25, -0.2) is 18.4 Å². The van der Waals surface area contributed by atoms with E-state index < -0.39 is 11.6 Å². The van der Waals surface area contributed by atoms with Crippen molar-refractivity contribution in [3.05, 3.63) is 60.2 Å². The predicted molar refractivity (Wildman–Crippen MR) is 87.1 cm³/mol. The van der Waals surface area contributed by atoms with Crippen molar-refractivity contribution < 1.29 is 13.5 Å². The summed E-state index contributed by atoms with van der Waals surface area (Å²) in [4.78, 5) is 8.62. The van der Waals surface area contributed by atoms with Crippen molar-refractivity contribution in [2.75, 3.05) is 13.2 Å². The Bertz CT molecular complexity index is 876. The summed E-state index contributed by atoms with van der Waals surface area (Å²) in [5, 5.41) is 4.51. The Balaban J connectivity index is 1.76. The average Bonchev–Trinajstić information content (AvgIpc) is 3.29. The van der Waals surface area contributed by atoms with Crippen molar-refractivity contribution in [1.29, 1.82) is 0 Å². The lowest BCUT2D eigenvalue weighted by molar-refractivity contribution is 0.185. The second kappa shape index (κ2) is 6.68. The highest BCUT2D eigenvalue weighted by atomic mass is 19.2. The number of hydrogen-bond donors (Lipinski definition) is 0. The number of halogens is 2. The third kappa shape index (κ3) is 3.28. The molecule has 0 unspecified atom stereocenters. The third-order valence-electron chi connectivity index (χ3n) is 4.26. The molecule has 2 aromatic heterocycles. The van der Waals surface area contributed by atoms with Crippen molar-refractivity contribution in [2.24, 2.45) is 5.92 Å². The SMILES string of the molecule is Fc1ccc(-n2nc(-c3ccncc3)nc2C[C@@H]2CCOC2)cc1F. The normalized spacial score (nSPS) is 17.1. The van der Waals surface area contributed by atoms with Crippen molar-refractivity contribution in [1.82, 2.24) is 19.7 Å². The minimum Gasteiger partial charge on any atom is -0.381 e. The smallest absolute Gasteiger partial charge is 0.181 e. The number of hydrogen-bond acceptors (Lipinski definition) is 4. The molecule has 3 aromatic rings. The van der Waals surface area contributed by atoms with Crippen LogP contribution >= 0.6 is 0 Å². The van der Waals surface area contributed by atoms with Crippen LogP contribution in [0.25, 0.3) is 17.1 Å². The molecule has 4 rings (SSSR count). The van der Waals surface area contributed by atoms with Crippen LogP contribution in [0.2, 0.25) is 0 Å². The topological polar surface area (TPSA) is 52.8 Å². The first-order valence-corrected chi connectivity index (χ1v) is 8.10. The highest BCUT2D eigenvalue weighted by Gasteiger charge is 2.21. The van der Waals surface area contributed by atoms with E-state index in [4.69, 9.17) is 4.74 Å². The third-order valence-corrected chi connectivity index (χ3v) is 4.26. The Kier molecular flexibility index (Phi) is 4.23. The van der Waals surface area contributed by atoms with Crippen LogP contribution in [0, 0.1) is 17.6 Å². The number of benzene rings is 1. The van der Waals surface area contributed by atoms with Crippen LogP contribution in [-0.4, -0.2) is 33.0 Å². The van der Waals surface area contributed by atoms with Crippen molar-refractivity contribution in [3.8, 4) is 17.1 Å². The van der Waals surface area contributed by atoms with Crippen LogP contribution in [0.3, 0.4) is 0 Å². The lowest BCUT2D eigenvalue weighted by Gasteiger charge is -2.09. The Morgan fingerprint density at radius 1 is 1.12 bits per heavy atom. The first-order chi connectivity index (χ1) is 12.2. The molecule has 1 aromatic carbocycles. The largest absolute Gasteiger partial charge is 0.381 e. The van der Waals surface area contributed by atoms with Gasteiger partial charge >= 0.3 is 0 Å². The van der Waals surface area contributed by atoms with E-state index in [0.29, 0.717) is 36.3 Å². The Morgan fingerprint density at radius 2 is 1.96 bits per heavy atom. The van der Waals surface area contributed by atoms with Gasteiger partial charge in [-0.15, -0.1) is 5.10 Å². The highest BCUT2D eigenvalue weighted by molar-refractivity contribution is 5.54. The van der Waals surface area contributed by atoms with Gasteiger partial charge < -0.3 is 4.74 Å². The molecular formula is C18H16F2N4O. The summed E-state index contributed by atoms with van der Waals surface area (Å²) in [7, 11) is 0. The summed E-state index contributed by atoms with van der Waals surface area (Å²) in [6.45, 7) is 1.41. The molecule has 0 amide bonds. The maximum atomic E-state index is 13.7. The summed E-state index contributed by atoms with van der Waals surface area (Å²) in [5.74, 6) is -0.217. The number of pyridine rings is 1. The minimum atomic E-state index is -0.909. The molecule has 1 saturated heterocycles. The fraction of sp³-hybridized carbons (Fsp3) is 0.278. The zero-order valence-electron chi connectivity index (χ0n) is 13.4. The summed E-state index contributed by atoms with van der Waals surface area (Å²) in [6, 6.07) is 7.36. The molecule has 1 fully saturated rings. The number of nitrogens with zero attached hydrogens (tertiary/aromatic N) is 4. The van der Waals surface area contributed by atoms with Crippen LogP contribution in [-0.2, 0) is 11.2 Å². The second-order valence-electron chi connectivity index (χ2n) is 6.03. The highest BCUT2D eigenvalue weighted by Crippen LogP contribution is 2.23. The maximum Gasteiger partial charge on any atom is 0.181 e. The van der Waals surface area contributed by atoms with Gasteiger partial charge in [0, 0.05) is 43.7 Å². The van der Waals surface area contributed by atoms with E-state index in [0.717, 1.165) is 30.7 Å². The maximum absolute atomic E-state index is 13.7. The number of ether oxygens (including phenoxy) is 1. The lowest BCUT2D eigenvalue weighted by atomic mass is 10.0. The Hall–Kier alpha value is -2.67. The van der Waals surface area contributed by atoms with Crippen LogP contribution in [0.5, 0.6) is 0 Å². The van der Waals surface area contributed by atoms with E-state index in [2.05, 4.69) is 15.1 Å².